The van der Waals surface area contributed by atoms with Crippen LogP contribution in [0.3, 0.4) is 0 Å². The monoisotopic (exact) mass is 812 g/mol. The Kier molecular flexibility index (Phi) is 9.97. The number of fused-ring (bicyclic) bond motifs is 4. The van der Waals surface area contributed by atoms with Crippen molar-refractivity contribution in [2.24, 2.45) is 33.9 Å². The summed E-state index contributed by atoms with van der Waals surface area (Å²) < 4.78 is 11.3. The zero-order chi connectivity index (χ0) is 42.6. The molecule has 0 bridgehead atoms. The quantitative estimate of drug-likeness (QED) is 0.0885. The Morgan fingerprint density at radius 3 is 1.92 bits per heavy atom. The second kappa shape index (κ2) is 15.5. The van der Waals surface area contributed by atoms with E-state index in [0.29, 0.717) is 39.3 Å². The first-order chi connectivity index (χ1) is 29.6. The van der Waals surface area contributed by atoms with E-state index in [0.717, 1.165) is 11.3 Å². The smallest absolute Gasteiger partial charge is 0.238 e. The zero-order valence-corrected chi connectivity index (χ0v) is 34.2. The van der Waals surface area contributed by atoms with E-state index in [4.69, 9.17) is 9.47 Å². The highest BCUT2D eigenvalue weighted by atomic mass is 16.5. The van der Waals surface area contributed by atoms with Crippen LogP contribution in [0.25, 0.3) is 5.57 Å². The van der Waals surface area contributed by atoms with Crippen molar-refractivity contribution >= 4 is 51.7 Å². The molecule has 0 spiro atoms. The van der Waals surface area contributed by atoms with Gasteiger partial charge in [-0.05, 0) is 102 Å². The van der Waals surface area contributed by atoms with E-state index in [1.165, 1.54) is 25.2 Å². The van der Waals surface area contributed by atoms with Crippen molar-refractivity contribution in [3.8, 4) is 17.2 Å². The first-order valence-electron chi connectivity index (χ1n) is 20.3. The highest BCUT2D eigenvalue weighted by molar-refractivity contribution is 6.32. The van der Waals surface area contributed by atoms with Gasteiger partial charge < -0.3 is 19.5 Å². The van der Waals surface area contributed by atoms with Crippen molar-refractivity contribution in [1.29, 1.82) is 0 Å². The third-order valence-corrected chi connectivity index (χ3v) is 13.0. The first kappa shape index (κ1) is 39.3. The predicted molar refractivity (Wildman–Crippen MR) is 232 cm³/mol. The molecule has 9 rings (SSSR count). The van der Waals surface area contributed by atoms with Gasteiger partial charge in [-0.2, -0.15) is 10.2 Å². The summed E-state index contributed by atoms with van der Waals surface area (Å²) >= 11 is 0. The number of imide groups is 1. The van der Waals surface area contributed by atoms with Crippen molar-refractivity contribution < 1.29 is 33.8 Å². The van der Waals surface area contributed by atoms with Crippen LogP contribution in [0.5, 0.6) is 17.2 Å². The number of aromatic hydroxyl groups is 1. The van der Waals surface area contributed by atoms with E-state index in [9.17, 15) is 14.7 Å². The van der Waals surface area contributed by atoms with Gasteiger partial charge in [0.1, 0.15) is 0 Å². The molecule has 1 aliphatic heterocycles. The van der Waals surface area contributed by atoms with Crippen LogP contribution in [-0.4, -0.2) is 56.8 Å². The Morgan fingerprint density at radius 2 is 1.33 bits per heavy atom. The SMILES string of the molecule is COc1cc([C@H]2C3=CC[C@@H]4C(=O)N(c5ccc(N=Nc6ccc(N(C)C)cc6)cc5)C(=O)[C@@H]4[C@@H]3C[C@H]3C(=O)C(c4ccccc4)=CC(=O)[C@@]23c2ccccc2)cc(OC)c1O. The van der Waals surface area contributed by atoms with Crippen molar-refractivity contribution in [3.05, 3.63) is 156 Å². The van der Waals surface area contributed by atoms with Gasteiger partial charge in [-0.15, -0.1) is 0 Å². The number of phenolic OH excluding ortho intramolecular Hbond substituents is 1. The Hall–Kier alpha value is -7.14. The molecule has 306 valence electrons. The highest BCUT2D eigenvalue weighted by Gasteiger charge is 2.66. The molecule has 2 fully saturated rings. The summed E-state index contributed by atoms with van der Waals surface area (Å²) in [5, 5.41) is 19.8. The maximum absolute atomic E-state index is 15.4. The van der Waals surface area contributed by atoms with E-state index >= 15 is 9.59 Å². The van der Waals surface area contributed by atoms with Gasteiger partial charge in [0.2, 0.25) is 17.6 Å². The minimum atomic E-state index is -1.46. The van der Waals surface area contributed by atoms with Gasteiger partial charge in [-0.25, -0.2) is 0 Å². The molecule has 3 aliphatic carbocycles. The fraction of sp³-hybridized carbons (Fsp3) is 0.240. The summed E-state index contributed by atoms with van der Waals surface area (Å²) in [6, 6.07) is 36.3. The molecule has 1 N–H and O–H groups in total. The third-order valence-electron chi connectivity index (χ3n) is 13.0. The summed E-state index contributed by atoms with van der Waals surface area (Å²) in [6.45, 7) is 0. The first-order valence-corrected chi connectivity index (χ1v) is 20.3. The number of methoxy groups -OCH3 is 2. The molecule has 5 aromatic carbocycles. The number of phenols is 1. The van der Waals surface area contributed by atoms with Crippen LogP contribution in [0.4, 0.5) is 22.7 Å². The number of azo groups is 1. The van der Waals surface area contributed by atoms with E-state index in [-0.39, 0.29) is 53.5 Å². The molecule has 6 atom stereocenters. The van der Waals surface area contributed by atoms with Crippen LogP contribution in [0.15, 0.2) is 149 Å². The van der Waals surface area contributed by atoms with Gasteiger partial charge in [0.05, 0.1) is 48.5 Å². The number of carbonyl (C=O) groups excluding carboxylic acids is 4. The highest BCUT2D eigenvalue weighted by Crippen LogP contribution is 2.64. The third kappa shape index (κ3) is 6.34. The largest absolute Gasteiger partial charge is 0.502 e. The molecule has 0 radical (unpaired) electrons. The molecule has 11 heteroatoms. The average Bonchev–Trinajstić information content (AvgIpc) is 3.55. The van der Waals surface area contributed by atoms with Crippen LogP contribution in [0.2, 0.25) is 0 Å². The number of carbonyl (C=O) groups is 4. The van der Waals surface area contributed by atoms with Gasteiger partial charge in [-0.3, -0.25) is 24.1 Å². The minimum absolute atomic E-state index is 0.129. The second-order valence-corrected chi connectivity index (χ2v) is 16.2. The minimum Gasteiger partial charge on any atom is -0.502 e. The number of ketones is 2. The molecule has 2 amide bonds. The summed E-state index contributed by atoms with van der Waals surface area (Å²) in [6.07, 6.45) is 3.88. The van der Waals surface area contributed by atoms with E-state index in [2.05, 4.69) is 10.2 Å². The number of Topliss-reactive ketones (excluding diaryl/α,β-unsaturated/α-hetero) is 1. The van der Waals surface area contributed by atoms with Gasteiger partial charge in [-0.1, -0.05) is 72.3 Å². The zero-order valence-electron chi connectivity index (χ0n) is 34.2. The van der Waals surface area contributed by atoms with Crippen LogP contribution in [0.1, 0.15) is 35.4 Å². The summed E-state index contributed by atoms with van der Waals surface area (Å²) in [5.74, 6) is -4.91. The Balaban J connectivity index is 1.15. The van der Waals surface area contributed by atoms with Gasteiger partial charge in [0, 0.05) is 37.2 Å². The Morgan fingerprint density at radius 1 is 0.738 bits per heavy atom. The van der Waals surface area contributed by atoms with Crippen LogP contribution >= 0.6 is 0 Å². The molecule has 5 aromatic rings. The van der Waals surface area contributed by atoms with Crippen molar-refractivity contribution in [1.82, 2.24) is 0 Å². The molecule has 4 aliphatic rings. The van der Waals surface area contributed by atoms with Crippen LogP contribution in [0, 0.1) is 23.7 Å². The predicted octanol–water partition coefficient (Wildman–Crippen LogP) is 8.92. The molecular formula is C50H44N4O7. The number of hydrogen-bond acceptors (Lipinski definition) is 10. The molecular weight excluding hydrogens is 769 g/mol. The fourth-order valence-corrected chi connectivity index (χ4v) is 10.2. The number of anilines is 2. The lowest BCUT2D eigenvalue weighted by atomic mass is 9.44. The molecule has 1 heterocycles. The van der Waals surface area contributed by atoms with E-state index < -0.39 is 35.0 Å². The van der Waals surface area contributed by atoms with E-state index in [1.807, 2.05) is 110 Å². The normalized spacial score (nSPS) is 24.5. The Bertz CT molecular complexity index is 2630. The van der Waals surface area contributed by atoms with Crippen molar-refractivity contribution in [2.75, 3.05) is 38.1 Å². The maximum atomic E-state index is 15.4. The average molecular weight is 813 g/mol. The summed E-state index contributed by atoms with van der Waals surface area (Å²) in [5.41, 5.74) is 4.17. The van der Waals surface area contributed by atoms with Crippen LogP contribution < -0.4 is 19.3 Å². The van der Waals surface area contributed by atoms with Gasteiger partial charge in [0.15, 0.2) is 23.1 Å². The Labute approximate surface area is 353 Å². The number of ether oxygens (including phenoxy) is 2. The van der Waals surface area contributed by atoms with Crippen molar-refractivity contribution in [3.63, 3.8) is 0 Å². The summed E-state index contributed by atoms with van der Waals surface area (Å²) in [7, 11) is 6.80. The standard InChI is InChI=1S/C50H44N4O7/c1-53(2)34-19-15-32(16-20-34)51-52-33-17-21-35(22-18-33)54-48(58)37-24-23-36-39(44(37)49(54)59)27-40-46(56)38(29-11-7-5-8-12-29)28-43(55)50(40,31-13-9-6-10-14-31)45(36)30-25-41(60-3)47(57)42(26-30)61-4/h5-23,25-26,28,37,39-40,44-45,57H,24,27H2,1-4H3/t37-,39+,40-,44-,45-,50-/m0/s1. The lowest BCUT2D eigenvalue weighted by Crippen LogP contribution is -2.58. The number of rotatable bonds is 9. The maximum Gasteiger partial charge on any atom is 0.238 e. The molecule has 61 heavy (non-hydrogen) atoms. The number of hydrogen-bond donors (Lipinski definition) is 1. The number of amides is 2. The molecule has 0 aromatic heterocycles. The number of benzene rings is 5. The number of nitrogens with zero attached hydrogens (tertiary/aromatic N) is 4. The van der Waals surface area contributed by atoms with Crippen LogP contribution in [-0.2, 0) is 24.6 Å². The molecule has 11 nitrogen and oxygen atoms in total. The molecule has 0 unspecified atom stereocenters. The fourth-order valence-electron chi connectivity index (χ4n) is 10.2. The number of allylic oxidation sites excluding steroid dienone is 4. The van der Waals surface area contributed by atoms with Gasteiger partial charge >= 0.3 is 0 Å². The lowest BCUT2D eigenvalue weighted by Gasteiger charge is -2.55. The molecule has 1 saturated heterocycles. The second-order valence-electron chi connectivity index (χ2n) is 16.2. The lowest BCUT2D eigenvalue weighted by molar-refractivity contribution is -0.135. The van der Waals surface area contributed by atoms with Crippen molar-refractivity contribution in [2.45, 2.75) is 24.2 Å². The van der Waals surface area contributed by atoms with E-state index in [1.54, 1.807) is 36.4 Å². The topological polar surface area (TPSA) is 138 Å². The summed E-state index contributed by atoms with van der Waals surface area (Å²) in [4.78, 5) is 63.2. The van der Waals surface area contributed by atoms with Gasteiger partial charge in [0.25, 0.3) is 0 Å². The molecule has 1 saturated carbocycles.